The van der Waals surface area contributed by atoms with Crippen molar-refractivity contribution in [3.8, 4) is 22.1 Å². The quantitative estimate of drug-likeness (QED) is 0.784. The van der Waals surface area contributed by atoms with Crippen molar-refractivity contribution in [1.29, 1.82) is 0 Å². The lowest BCUT2D eigenvalue weighted by Gasteiger charge is -2.08. The van der Waals surface area contributed by atoms with E-state index in [0.717, 1.165) is 5.56 Å². The molecule has 7 nitrogen and oxygen atoms in total. The van der Waals surface area contributed by atoms with Gasteiger partial charge in [0, 0.05) is 12.1 Å². The van der Waals surface area contributed by atoms with Gasteiger partial charge in [-0.15, -0.1) is 11.3 Å². The standard InChI is InChI=1S/C17H20N2O5S/c1-9(17(21)22)8-18-15(20)14-10(2)19-16(25-14)11-5-6-12(23-3)13(7-11)24-4/h5-7,9H,8H2,1-4H3,(H,18,20)(H,21,22). The number of carboxylic acids is 1. The van der Waals surface area contributed by atoms with Gasteiger partial charge < -0.3 is 19.9 Å². The maximum Gasteiger partial charge on any atom is 0.308 e. The van der Waals surface area contributed by atoms with Crippen molar-refractivity contribution >= 4 is 23.2 Å². The zero-order valence-corrected chi connectivity index (χ0v) is 15.3. The van der Waals surface area contributed by atoms with E-state index in [1.165, 1.54) is 18.3 Å². The molecule has 1 amide bonds. The van der Waals surface area contributed by atoms with Gasteiger partial charge in [-0.1, -0.05) is 6.92 Å². The average molecular weight is 364 g/mol. The van der Waals surface area contributed by atoms with E-state index < -0.39 is 11.9 Å². The summed E-state index contributed by atoms with van der Waals surface area (Å²) in [6.45, 7) is 3.35. The number of benzene rings is 1. The Bertz CT molecular complexity index is 787. The zero-order chi connectivity index (χ0) is 18.6. The first-order chi connectivity index (χ1) is 11.9. The van der Waals surface area contributed by atoms with Crippen LogP contribution in [0.1, 0.15) is 22.3 Å². The van der Waals surface area contributed by atoms with E-state index in [4.69, 9.17) is 14.6 Å². The van der Waals surface area contributed by atoms with Gasteiger partial charge in [-0.25, -0.2) is 4.98 Å². The molecule has 1 aromatic carbocycles. The summed E-state index contributed by atoms with van der Waals surface area (Å²) in [5.74, 6) is -0.737. The Labute approximate surface area is 149 Å². The summed E-state index contributed by atoms with van der Waals surface area (Å²) < 4.78 is 10.5. The van der Waals surface area contributed by atoms with E-state index in [-0.39, 0.29) is 12.5 Å². The van der Waals surface area contributed by atoms with E-state index in [1.807, 2.05) is 6.07 Å². The molecule has 0 radical (unpaired) electrons. The highest BCUT2D eigenvalue weighted by atomic mass is 32.1. The number of nitrogens with zero attached hydrogens (tertiary/aromatic N) is 1. The Hall–Kier alpha value is -2.61. The Morgan fingerprint density at radius 1 is 1.28 bits per heavy atom. The van der Waals surface area contributed by atoms with Crippen LogP contribution < -0.4 is 14.8 Å². The molecule has 0 aliphatic rings. The summed E-state index contributed by atoms with van der Waals surface area (Å²) in [5, 5.41) is 12.2. The van der Waals surface area contributed by atoms with Crippen LogP contribution in [0.3, 0.4) is 0 Å². The van der Waals surface area contributed by atoms with Crippen molar-refractivity contribution in [3.63, 3.8) is 0 Å². The normalized spacial score (nSPS) is 11.7. The first kappa shape index (κ1) is 18.7. The molecule has 1 heterocycles. The van der Waals surface area contributed by atoms with Gasteiger partial charge in [-0.05, 0) is 25.1 Å². The molecule has 2 rings (SSSR count). The molecule has 1 atom stereocenters. The maximum atomic E-state index is 12.3. The SMILES string of the molecule is COc1ccc(-c2nc(C)c(C(=O)NCC(C)C(=O)O)s2)cc1OC. The number of carbonyl (C=O) groups is 2. The second-order valence-electron chi connectivity index (χ2n) is 5.45. The minimum absolute atomic E-state index is 0.0667. The fraction of sp³-hybridized carbons (Fsp3) is 0.353. The maximum absolute atomic E-state index is 12.3. The number of aryl methyl sites for hydroxylation is 1. The summed E-state index contributed by atoms with van der Waals surface area (Å²) in [6.07, 6.45) is 0. The van der Waals surface area contributed by atoms with Gasteiger partial charge in [-0.2, -0.15) is 0 Å². The molecule has 1 unspecified atom stereocenters. The number of rotatable bonds is 7. The number of ether oxygens (including phenoxy) is 2. The third-order valence-electron chi connectivity index (χ3n) is 3.62. The summed E-state index contributed by atoms with van der Waals surface area (Å²) in [7, 11) is 3.11. The molecule has 25 heavy (non-hydrogen) atoms. The molecular weight excluding hydrogens is 344 g/mol. The van der Waals surface area contributed by atoms with Crippen LogP contribution in [0.15, 0.2) is 18.2 Å². The third-order valence-corrected chi connectivity index (χ3v) is 4.83. The molecule has 0 aliphatic carbocycles. The number of nitrogens with one attached hydrogen (secondary N) is 1. The number of methoxy groups -OCH3 is 2. The minimum atomic E-state index is -0.952. The molecule has 0 fully saturated rings. The summed E-state index contributed by atoms with van der Waals surface area (Å²) >= 11 is 1.25. The smallest absolute Gasteiger partial charge is 0.308 e. The molecule has 8 heteroatoms. The lowest BCUT2D eigenvalue weighted by atomic mass is 10.2. The van der Waals surface area contributed by atoms with Crippen LogP contribution >= 0.6 is 11.3 Å². The number of carboxylic acid groups (broad SMARTS) is 1. The van der Waals surface area contributed by atoms with Crippen LogP contribution in [0, 0.1) is 12.8 Å². The minimum Gasteiger partial charge on any atom is -0.493 e. The molecule has 0 saturated carbocycles. The second kappa shape index (κ2) is 7.98. The zero-order valence-electron chi connectivity index (χ0n) is 14.5. The van der Waals surface area contributed by atoms with Crippen molar-refractivity contribution in [2.75, 3.05) is 20.8 Å². The van der Waals surface area contributed by atoms with Crippen molar-refractivity contribution in [2.45, 2.75) is 13.8 Å². The van der Waals surface area contributed by atoms with Crippen LogP contribution in [-0.4, -0.2) is 42.7 Å². The fourth-order valence-electron chi connectivity index (χ4n) is 2.11. The van der Waals surface area contributed by atoms with Crippen LogP contribution in [0.2, 0.25) is 0 Å². The van der Waals surface area contributed by atoms with E-state index in [2.05, 4.69) is 10.3 Å². The van der Waals surface area contributed by atoms with E-state index in [9.17, 15) is 9.59 Å². The highest BCUT2D eigenvalue weighted by molar-refractivity contribution is 7.17. The highest BCUT2D eigenvalue weighted by Crippen LogP contribution is 2.34. The molecule has 2 aromatic rings. The van der Waals surface area contributed by atoms with Gasteiger partial charge in [0.1, 0.15) is 9.88 Å². The number of hydrogen-bond acceptors (Lipinski definition) is 6. The van der Waals surface area contributed by atoms with E-state index >= 15 is 0 Å². The molecule has 0 saturated heterocycles. The van der Waals surface area contributed by atoms with Gasteiger partial charge in [0.05, 0.1) is 25.8 Å². The van der Waals surface area contributed by atoms with Crippen molar-refractivity contribution < 1.29 is 24.2 Å². The van der Waals surface area contributed by atoms with Gasteiger partial charge in [-0.3, -0.25) is 9.59 Å². The number of hydrogen-bond donors (Lipinski definition) is 2. The summed E-state index contributed by atoms with van der Waals surface area (Å²) in [5.41, 5.74) is 1.40. The van der Waals surface area contributed by atoms with Crippen molar-refractivity contribution in [1.82, 2.24) is 10.3 Å². The molecule has 0 aliphatic heterocycles. The predicted molar refractivity (Wildman–Crippen MR) is 94.5 cm³/mol. The Kier molecular flexibility index (Phi) is 5.97. The lowest BCUT2D eigenvalue weighted by Crippen LogP contribution is -2.31. The molecule has 1 aromatic heterocycles. The molecular formula is C17H20N2O5S. The van der Waals surface area contributed by atoms with Crippen molar-refractivity contribution in [3.05, 3.63) is 28.8 Å². The van der Waals surface area contributed by atoms with E-state index in [0.29, 0.717) is 27.1 Å². The van der Waals surface area contributed by atoms with Gasteiger partial charge in [0.2, 0.25) is 0 Å². The lowest BCUT2D eigenvalue weighted by molar-refractivity contribution is -0.140. The van der Waals surface area contributed by atoms with Gasteiger partial charge in [0.15, 0.2) is 11.5 Å². The monoisotopic (exact) mass is 364 g/mol. The number of thiazole rings is 1. The number of amides is 1. The summed E-state index contributed by atoms with van der Waals surface area (Å²) in [6, 6.07) is 5.41. The first-order valence-corrected chi connectivity index (χ1v) is 8.39. The average Bonchev–Trinajstić information content (AvgIpc) is 3.00. The van der Waals surface area contributed by atoms with Crippen molar-refractivity contribution in [2.24, 2.45) is 5.92 Å². The number of aromatic nitrogens is 1. The van der Waals surface area contributed by atoms with Gasteiger partial charge in [0.25, 0.3) is 5.91 Å². The highest BCUT2D eigenvalue weighted by Gasteiger charge is 2.19. The van der Waals surface area contributed by atoms with E-state index in [1.54, 1.807) is 33.3 Å². The third kappa shape index (κ3) is 4.27. The second-order valence-corrected chi connectivity index (χ2v) is 6.45. The Morgan fingerprint density at radius 3 is 2.56 bits per heavy atom. The number of aliphatic carboxylic acids is 1. The summed E-state index contributed by atoms with van der Waals surface area (Å²) in [4.78, 5) is 28.0. The number of carbonyl (C=O) groups excluding carboxylic acids is 1. The largest absolute Gasteiger partial charge is 0.493 e. The Morgan fingerprint density at radius 2 is 1.96 bits per heavy atom. The topological polar surface area (TPSA) is 97.8 Å². The van der Waals surface area contributed by atoms with Crippen LogP contribution in [0.5, 0.6) is 11.5 Å². The predicted octanol–water partition coefficient (Wildman–Crippen LogP) is 2.59. The molecule has 2 N–H and O–H groups in total. The molecule has 0 bridgehead atoms. The molecule has 0 spiro atoms. The fourth-order valence-corrected chi connectivity index (χ4v) is 3.09. The Balaban J connectivity index is 2.22. The van der Waals surface area contributed by atoms with Crippen LogP contribution in [-0.2, 0) is 4.79 Å². The first-order valence-electron chi connectivity index (χ1n) is 7.58. The van der Waals surface area contributed by atoms with Crippen LogP contribution in [0.25, 0.3) is 10.6 Å². The van der Waals surface area contributed by atoms with Crippen LogP contribution in [0.4, 0.5) is 0 Å². The van der Waals surface area contributed by atoms with Gasteiger partial charge >= 0.3 is 5.97 Å². The molecule has 134 valence electrons.